The zero-order valence-corrected chi connectivity index (χ0v) is 14.6. The number of carboxylic acids is 1. The average molecular weight is 350 g/mol. The molecule has 1 amide bonds. The van der Waals surface area contributed by atoms with Gasteiger partial charge in [-0.25, -0.2) is 4.79 Å². The second kappa shape index (κ2) is 6.92. The number of carbonyl (C=O) groups is 2. The van der Waals surface area contributed by atoms with E-state index in [1.54, 1.807) is 11.0 Å². The fourth-order valence-electron chi connectivity index (χ4n) is 4.01. The lowest BCUT2D eigenvalue weighted by Crippen LogP contribution is -2.34. The van der Waals surface area contributed by atoms with Crippen molar-refractivity contribution in [3.8, 4) is 0 Å². The van der Waals surface area contributed by atoms with E-state index >= 15 is 0 Å². The van der Waals surface area contributed by atoms with Gasteiger partial charge < -0.3 is 10.0 Å². The Bertz CT molecular complexity index is 862. The van der Waals surface area contributed by atoms with Crippen LogP contribution in [0.5, 0.6) is 0 Å². The molecule has 5 nitrogen and oxygen atoms in total. The van der Waals surface area contributed by atoms with Crippen molar-refractivity contribution in [3.63, 3.8) is 0 Å². The summed E-state index contributed by atoms with van der Waals surface area (Å²) < 4.78 is 0. The summed E-state index contributed by atoms with van der Waals surface area (Å²) in [5.74, 6) is -1.19. The van der Waals surface area contributed by atoms with Crippen LogP contribution in [0.2, 0.25) is 0 Å². The van der Waals surface area contributed by atoms with Crippen LogP contribution < -0.4 is 0 Å². The van der Waals surface area contributed by atoms with Gasteiger partial charge in [0.2, 0.25) is 0 Å². The molecule has 2 aliphatic rings. The zero-order valence-electron chi connectivity index (χ0n) is 14.6. The van der Waals surface area contributed by atoms with Crippen molar-refractivity contribution in [1.82, 2.24) is 9.80 Å². The first-order valence-corrected chi connectivity index (χ1v) is 9.07. The van der Waals surface area contributed by atoms with Gasteiger partial charge in [0.15, 0.2) is 0 Å². The highest BCUT2D eigenvalue weighted by Crippen LogP contribution is 2.26. The highest BCUT2D eigenvalue weighted by molar-refractivity contribution is 6.07. The van der Waals surface area contributed by atoms with Crippen LogP contribution in [0.15, 0.2) is 42.5 Å². The molecule has 2 aromatic carbocycles. The summed E-state index contributed by atoms with van der Waals surface area (Å²) in [5.41, 5.74) is 4.14. The van der Waals surface area contributed by atoms with Gasteiger partial charge >= 0.3 is 5.97 Å². The standard InChI is InChI=1S/C21H22N2O3/c24-20-19-17(7-3-8-18(19)21(25)26)14-23(20)11-4-10-22-12-9-15-5-1-2-6-16(15)13-22/h1-3,5-8H,4,9-14H2,(H,25,26). The van der Waals surface area contributed by atoms with Crippen LogP contribution in [0.4, 0.5) is 0 Å². The Morgan fingerprint density at radius 1 is 0.962 bits per heavy atom. The number of amides is 1. The van der Waals surface area contributed by atoms with E-state index in [0.717, 1.165) is 38.0 Å². The quantitative estimate of drug-likeness (QED) is 0.901. The molecule has 26 heavy (non-hydrogen) atoms. The second-order valence-corrected chi connectivity index (χ2v) is 7.02. The summed E-state index contributed by atoms with van der Waals surface area (Å²) in [7, 11) is 0. The second-order valence-electron chi connectivity index (χ2n) is 7.02. The number of carboxylic acid groups (broad SMARTS) is 1. The molecule has 0 saturated heterocycles. The van der Waals surface area contributed by atoms with Crippen LogP contribution >= 0.6 is 0 Å². The first kappa shape index (κ1) is 16.8. The molecule has 0 bridgehead atoms. The monoisotopic (exact) mass is 350 g/mol. The van der Waals surface area contributed by atoms with Gasteiger partial charge in [-0.05, 0) is 35.6 Å². The van der Waals surface area contributed by atoms with Gasteiger partial charge in [0.1, 0.15) is 0 Å². The number of hydrogen-bond donors (Lipinski definition) is 1. The molecular formula is C21H22N2O3. The van der Waals surface area contributed by atoms with Crippen molar-refractivity contribution >= 4 is 11.9 Å². The zero-order chi connectivity index (χ0) is 18.1. The van der Waals surface area contributed by atoms with Crippen LogP contribution in [0, 0.1) is 0 Å². The molecule has 5 heteroatoms. The van der Waals surface area contributed by atoms with E-state index in [4.69, 9.17) is 0 Å². The van der Waals surface area contributed by atoms with Crippen LogP contribution in [0.1, 0.15) is 43.8 Å². The maximum absolute atomic E-state index is 12.6. The Kier molecular flexibility index (Phi) is 4.47. The van der Waals surface area contributed by atoms with E-state index < -0.39 is 5.97 Å². The maximum Gasteiger partial charge on any atom is 0.336 e. The number of rotatable bonds is 5. The summed E-state index contributed by atoms with van der Waals surface area (Å²) in [4.78, 5) is 28.2. The Morgan fingerprint density at radius 3 is 2.54 bits per heavy atom. The molecule has 2 heterocycles. The van der Waals surface area contributed by atoms with Crippen molar-refractivity contribution in [2.24, 2.45) is 0 Å². The number of carbonyl (C=O) groups excluding carboxylic acids is 1. The lowest BCUT2D eigenvalue weighted by atomic mass is 10.00. The van der Waals surface area contributed by atoms with E-state index in [1.807, 2.05) is 6.07 Å². The molecule has 0 radical (unpaired) electrons. The molecule has 0 atom stereocenters. The molecule has 2 aliphatic heterocycles. The Morgan fingerprint density at radius 2 is 1.73 bits per heavy atom. The minimum atomic E-state index is -1.04. The van der Waals surface area contributed by atoms with Gasteiger partial charge in [-0.15, -0.1) is 0 Å². The van der Waals surface area contributed by atoms with E-state index in [1.165, 1.54) is 17.2 Å². The van der Waals surface area contributed by atoms with Gasteiger partial charge in [-0.2, -0.15) is 0 Å². The molecule has 1 N–H and O–H groups in total. The van der Waals surface area contributed by atoms with Crippen molar-refractivity contribution in [2.75, 3.05) is 19.6 Å². The summed E-state index contributed by atoms with van der Waals surface area (Å²) in [6.07, 6.45) is 1.97. The normalized spacial score (nSPS) is 16.5. The molecule has 0 fully saturated rings. The number of nitrogens with zero attached hydrogens (tertiary/aromatic N) is 2. The van der Waals surface area contributed by atoms with Crippen molar-refractivity contribution < 1.29 is 14.7 Å². The fourth-order valence-corrected chi connectivity index (χ4v) is 4.01. The third kappa shape index (κ3) is 3.10. The van der Waals surface area contributed by atoms with E-state index in [9.17, 15) is 14.7 Å². The number of benzene rings is 2. The first-order chi connectivity index (χ1) is 12.6. The fraction of sp³-hybridized carbons (Fsp3) is 0.333. The Labute approximate surface area is 152 Å². The van der Waals surface area contributed by atoms with Gasteiger partial charge in [-0.1, -0.05) is 36.4 Å². The highest BCUT2D eigenvalue weighted by Gasteiger charge is 2.31. The SMILES string of the molecule is O=C(O)c1cccc2c1C(=O)N(CCCN1CCc3ccccc3C1)C2. The summed E-state index contributed by atoms with van der Waals surface area (Å²) in [6, 6.07) is 13.6. The molecule has 0 aliphatic carbocycles. The van der Waals surface area contributed by atoms with Crippen molar-refractivity contribution in [3.05, 3.63) is 70.3 Å². The lowest BCUT2D eigenvalue weighted by Gasteiger charge is -2.29. The largest absolute Gasteiger partial charge is 0.478 e. The molecule has 4 rings (SSSR count). The molecule has 134 valence electrons. The van der Waals surface area contributed by atoms with Crippen LogP contribution in [-0.4, -0.2) is 46.4 Å². The number of hydrogen-bond acceptors (Lipinski definition) is 3. The third-order valence-corrected chi connectivity index (χ3v) is 5.36. The first-order valence-electron chi connectivity index (χ1n) is 9.07. The van der Waals surface area contributed by atoms with Crippen LogP contribution in [-0.2, 0) is 19.5 Å². The van der Waals surface area contributed by atoms with Gasteiger partial charge in [0.25, 0.3) is 5.91 Å². The molecule has 0 saturated carbocycles. The Balaban J connectivity index is 1.35. The average Bonchev–Trinajstić information content (AvgIpc) is 2.97. The van der Waals surface area contributed by atoms with E-state index in [0.29, 0.717) is 18.7 Å². The van der Waals surface area contributed by atoms with Crippen LogP contribution in [0.3, 0.4) is 0 Å². The van der Waals surface area contributed by atoms with E-state index in [2.05, 4.69) is 29.2 Å². The predicted molar refractivity (Wildman–Crippen MR) is 98.2 cm³/mol. The molecule has 0 aromatic heterocycles. The number of fused-ring (bicyclic) bond motifs is 2. The molecule has 0 unspecified atom stereocenters. The van der Waals surface area contributed by atoms with Gasteiger partial charge in [-0.3, -0.25) is 9.69 Å². The minimum Gasteiger partial charge on any atom is -0.478 e. The summed E-state index contributed by atoms with van der Waals surface area (Å²) in [6.45, 7) is 4.13. The lowest BCUT2D eigenvalue weighted by molar-refractivity contribution is 0.0681. The van der Waals surface area contributed by atoms with Crippen LogP contribution in [0.25, 0.3) is 0 Å². The maximum atomic E-state index is 12.6. The summed E-state index contributed by atoms with van der Waals surface area (Å²) in [5, 5.41) is 9.30. The van der Waals surface area contributed by atoms with Gasteiger partial charge in [0, 0.05) is 32.7 Å². The molecular weight excluding hydrogens is 328 g/mol. The minimum absolute atomic E-state index is 0.114. The highest BCUT2D eigenvalue weighted by atomic mass is 16.4. The molecule has 0 spiro atoms. The van der Waals surface area contributed by atoms with Crippen molar-refractivity contribution in [2.45, 2.75) is 25.9 Å². The third-order valence-electron chi connectivity index (χ3n) is 5.36. The van der Waals surface area contributed by atoms with Gasteiger partial charge in [0.05, 0.1) is 11.1 Å². The van der Waals surface area contributed by atoms with E-state index in [-0.39, 0.29) is 11.5 Å². The Hall–Kier alpha value is -2.66. The summed E-state index contributed by atoms with van der Waals surface area (Å²) >= 11 is 0. The van der Waals surface area contributed by atoms with Crippen molar-refractivity contribution in [1.29, 1.82) is 0 Å². The number of aromatic carboxylic acids is 1. The topological polar surface area (TPSA) is 60.9 Å². The smallest absolute Gasteiger partial charge is 0.336 e. The predicted octanol–water partition coefficient (Wildman–Crippen LogP) is 2.79. The molecule has 2 aromatic rings.